The van der Waals surface area contributed by atoms with Crippen LogP contribution in [0.25, 0.3) is 5.65 Å². The molecule has 8 heteroatoms. The van der Waals surface area contributed by atoms with E-state index >= 15 is 0 Å². The average molecular weight is 299 g/mol. The molecule has 2 aromatic rings. The minimum atomic E-state index is -4.57. The molecule has 21 heavy (non-hydrogen) atoms. The zero-order valence-corrected chi connectivity index (χ0v) is 12.2. The van der Waals surface area contributed by atoms with Gasteiger partial charge in [0.25, 0.3) is 5.82 Å². The summed E-state index contributed by atoms with van der Waals surface area (Å²) >= 11 is 0. The van der Waals surface area contributed by atoms with Gasteiger partial charge in [-0.25, -0.2) is 0 Å². The zero-order chi connectivity index (χ0) is 15.6. The topological polar surface area (TPSA) is 46.3 Å². The number of hydrogen-bond donors (Lipinski definition) is 0. The van der Waals surface area contributed by atoms with E-state index in [-0.39, 0.29) is 16.6 Å². The number of anilines is 1. The van der Waals surface area contributed by atoms with Crippen molar-refractivity contribution >= 4 is 11.5 Å². The Kier molecular flexibility index (Phi) is 2.59. The summed E-state index contributed by atoms with van der Waals surface area (Å²) in [6.45, 7) is 9.10. The Morgan fingerprint density at radius 3 is 2.29 bits per heavy atom. The van der Waals surface area contributed by atoms with Crippen LogP contribution in [0.15, 0.2) is 12.1 Å². The molecule has 0 unspecified atom stereocenters. The van der Waals surface area contributed by atoms with E-state index in [2.05, 4.69) is 43.0 Å². The van der Waals surface area contributed by atoms with Gasteiger partial charge >= 0.3 is 6.18 Å². The lowest BCUT2D eigenvalue weighted by Crippen LogP contribution is -2.69. The maximum Gasteiger partial charge on any atom is 0.453 e. The van der Waals surface area contributed by atoms with Crippen LogP contribution >= 0.6 is 0 Å². The molecule has 1 fully saturated rings. The lowest BCUT2D eigenvalue weighted by molar-refractivity contribution is -0.146. The molecule has 2 aromatic heterocycles. The molecule has 0 atom stereocenters. The minimum Gasteiger partial charge on any atom is -0.349 e. The molecule has 1 aliphatic heterocycles. The molecular formula is C13H16F3N5. The van der Waals surface area contributed by atoms with Crippen LogP contribution in [-0.4, -0.2) is 31.9 Å². The fourth-order valence-electron chi connectivity index (χ4n) is 2.53. The smallest absolute Gasteiger partial charge is 0.349 e. The van der Waals surface area contributed by atoms with Crippen molar-refractivity contribution in [3.05, 3.63) is 18.0 Å². The summed E-state index contributed by atoms with van der Waals surface area (Å²) in [5.74, 6) is -0.603. The summed E-state index contributed by atoms with van der Waals surface area (Å²) in [4.78, 5) is 1.99. The number of aromatic nitrogens is 4. The van der Waals surface area contributed by atoms with Crippen molar-refractivity contribution in [2.45, 2.75) is 39.4 Å². The van der Waals surface area contributed by atoms with Gasteiger partial charge in [0, 0.05) is 17.5 Å². The molecule has 5 nitrogen and oxygen atoms in total. The van der Waals surface area contributed by atoms with Crippen LogP contribution in [0.1, 0.15) is 33.5 Å². The molecule has 1 aliphatic rings. The van der Waals surface area contributed by atoms with Crippen molar-refractivity contribution in [2.24, 2.45) is 5.41 Å². The third-order valence-corrected chi connectivity index (χ3v) is 4.66. The predicted molar refractivity (Wildman–Crippen MR) is 71.0 cm³/mol. The number of hydrogen-bond acceptors (Lipinski definition) is 4. The number of nitrogens with zero attached hydrogens (tertiary/aromatic N) is 5. The fraction of sp³-hybridized carbons (Fsp3) is 0.615. The second-order valence-corrected chi connectivity index (χ2v) is 6.51. The van der Waals surface area contributed by atoms with E-state index in [0.29, 0.717) is 5.82 Å². The van der Waals surface area contributed by atoms with Crippen LogP contribution in [0.3, 0.4) is 0 Å². The minimum absolute atomic E-state index is 0.0731. The second-order valence-electron chi connectivity index (χ2n) is 6.51. The van der Waals surface area contributed by atoms with Gasteiger partial charge in [-0.05, 0) is 26.0 Å². The van der Waals surface area contributed by atoms with Gasteiger partial charge in [0.05, 0.1) is 0 Å². The summed E-state index contributed by atoms with van der Waals surface area (Å²) in [6.07, 6.45) is -4.57. The molecular weight excluding hydrogens is 283 g/mol. The van der Waals surface area contributed by atoms with Gasteiger partial charge in [-0.15, -0.1) is 15.3 Å². The largest absolute Gasteiger partial charge is 0.453 e. The van der Waals surface area contributed by atoms with Crippen LogP contribution in [0.5, 0.6) is 0 Å². The van der Waals surface area contributed by atoms with E-state index in [9.17, 15) is 13.2 Å². The van der Waals surface area contributed by atoms with Crippen LogP contribution in [0, 0.1) is 5.41 Å². The van der Waals surface area contributed by atoms with Gasteiger partial charge in [0.2, 0.25) is 0 Å². The Labute approximate surface area is 119 Å². The van der Waals surface area contributed by atoms with Crippen LogP contribution in [0.2, 0.25) is 0 Å². The first kappa shape index (κ1) is 14.1. The Bertz CT molecular complexity index is 701. The Balaban J connectivity index is 2.07. The van der Waals surface area contributed by atoms with Crippen molar-refractivity contribution in [2.75, 3.05) is 11.4 Å². The third-order valence-electron chi connectivity index (χ3n) is 4.66. The van der Waals surface area contributed by atoms with Crippen molar-refractivity contribution in [1.29, 1.82) is 0 Å². The molecule has 0 bridgehead atoms. The van der Waals surface area contributed by atoms with E-state index < -0.39 is 12.0 Å². The van der Waals surface area contributed by atoms with Crippen LogP contribution < -0.4 is 4.90 Å². The highest BCUT2D eigenvalue weighted by atomic mass is 19.4. The number of rotatable bonds is 1. The van der Waals surface area contributed by atoms with Gasteiger partial charge in [0.1, 0.15) is 5.82 Å². The molecule has 0 amide bonds. The summed E-state index contributed by atoms with van der Waals surface area (Å²) in [5, 5.41) is 10.8. The maximum absolute atomic E-state index is 12.9. The molecule has 3 heterocycles. The van der Waals surface area contributed by atoms with Gasteiger partial charge < -0.3 is 4.90 Å². The van der Waals surface area contributed by atoms with Crippen LogP contribution in [-0.2, 0) is 6.18 Å². The standard InChI is InChI=1S/C13H16F3N5/c1-11(2)7-20(12(11,3)4)9-6-5-8-17-18-10(13(14,15)16)21(8)19-9/h5-6H,7H2,1-4H3. The fourth-order valence-corrected chi connectivity index (χ4v) is 2.53. The second kappa shape index (κ2) is 3.86. The molecule has 0 spiro atoms. The average Bonchev–Trinajstić information content (AvgIpc) is 2.78. The molecule has 0 aliphatic carbocycles. The van der Waals surface area contributed by atoms with Crippen molar-refractivity contribution in [3.8, 4) is 0 Å². The first-order valence-corrected chi connectivity index (χ1v) is 6.61. The van der Waals surface area contributed by atoms with Crippen molar-refractivity contribution < 1.29 is 13.2 Å². The molecule has 3 rings (SSSR count). The summed E-state index contributed by atoms with van der Waals surface area (Å²) < 4.78 is 39.4. The highest BCUT2D eigenvalue weighted by Crippen LogP contribution is 2.48. The van der Waals surface area contributed by atoms with Crippen molar-refractivity contribution in [1.82, 2.24) is 19.8 Å². The van der Waals surface area contributed by atoms with Crippen molar-refractivity contribution in [3.63, 3.8) is 0 Å². The summed E-state index contributed by atoms with van der Waals surface area (Å²) in [6, 6.07) is 3.19. The maximum atomic E-state index is 12.9. The first-order chi connectivity index (χ1) is 9.54. The number of alkyl halides is 3. The molecule has 0 radical (unpaired) electrons. The molecule has 114 valence electrons. The quantitative estimate of drug-likeness (QED) is 0.812. The Morgan fingerprint density at radius 2 is 1.76 bits per heavy atom. The van der Waals surface area contributed by atoms with E-state index in [1.54, 1.807) is 6.07 Å². The van der Waals surface area contributed by atoms with E-state index in [1.165, 1.54) is 6.07 Å². The third kappa shape index (κ3) is 1.88. The normalized spacial score (nSPS) is 20.6. The molecule has 1 saturated heterocycles. The lowest BCUT2D eigenvalue weighted by Gasteiger charge is -2.61. The Hall–Kier alpha value is -1.86. The summed E-state index contributed by atoms with van der Waals surface area (Å²) in [7, 11) is 0. The first-order valence-electron chi connectivity index (χ1n) is 6.61. The van der Waals surface area contributed by atoms with E-state index in [0.717, 1.165) is 11.1 Å². The van der Waals surface area contributed by atoms with Gasteiger partial charge in [0.15, 0.2) is 5.65 Å². The highest BCUT2D eigenvalue weighted by Gasteiger charge is 2.53. The number of fused-ring (bicyclic) bond motifs is 1. The Morgan fingerprint density at radius 1 is 1.10 bits per heavy atom. The van der Waals surface area contributed by atoms with E-state index in [4.69, 9.17) is 0 Å². The molecule has 0 aromatic carbocycles. The summed E-state index contributed by atoms with van der Waals surface area (Å²) in [5.41, 5.74) is -0.0206. The number of halogens is 3. The molecule has 0 saturated carbocycles. The van der Waals surface area contributed by atoms with E-state index in [1.807, 2.05) is 4.90 Å². The lowest BCUT2D eigenvalue weighted by atomic mass is 9.65. The zero-order valence-electron chi connectivity index (χ0n) is 12.2. The monoisotopic (exact) mass is 299 g/mol. The van der Waals surface area contributed by atoms with Crippen LogP contribution in [0.4, 0.5) is 19.0 Å². The van der Waals surface area contributed by atoms with Gasteiger partial charge in [-0.2, -0.15) is 17.7 Å². The predicted octanol–water partition coefficient (Wildman–Crippen LogP) is 2.77. The SMILES string of the molecule is CC1(C)CN(c2ccc3nnc(C(F)(F)F)n3n2)C1(C)C. The van der Waals surface area contributed by atoms with Gasteiger partial charge in [-0.1, -0.05) is 13.8 Å². The van der Waals surface area contributed by atoms with Gasteiger partial charge in [-0.3, -0.25) is 0 Å². The highest BCUT2D eigenvalue weighted by molar-refractivity contribution is 5.51. The molecule has 0 N–H and O–H groups in total.